The molecular formula is C11H20N2O2. The number of carbonyl (C=O) groups is 1. The third-order valence-electron chi connectivity index (χ3n) is 3.29. The summed E-state index contributed by atoms with van der Waals surface area (Å²) in [6.45, 7) is 4.49. The van der Waals surface area contributed by atoms with Crippen molar-refractivity contribution in [2.45, 2.75) is 44.8 Å². The van der Waals surface area contributed by atoms with Crippen LogP contribution < -0.4 is 5.32 Å². The van der Waals surface area contributed by atoms with Gasteiger partial charge in [-0.2, -0.15) is 0 Å². The molecule has 2 aliphatic heterocycles. The van der Waals surface area contributed by atoms with Gasteiger partial charge in [-0.3, -0.25) is 10.1 Å². The van der Waals surface area contributed by atoms with Gasteiger partial charge in [-0.15, -0.1) is 0 Å². The van der Waals surface area contributed by atoms with E-state index in [0.717, 1.165) is 32.4 Å². The molecule has 86 valence electrons. The van der Waals surface area contributed by atoms with Crippen molar-refractivity contribution in [2.24, 2.45) is 0 Å². The summed E-state index contributed by atoms with van der Waals surface area (Å²) in [6, 6.07) is 0.0505. The van der Waals surface area contributed by atoms with E-state index < -0.39 is 0 Å². The third kappa shape index (κ3) is 2.49. The van der Waals surface area contributed by atoms with Gasteiger partial charge in [0.2, 0.25) is 5.91 Å². The van der Waals surface area contributed by atoms with Crippen LogP contribution >= 0.6 is 0 Å². The average Bonchev–Trinajstić information content (AvgIpc) is 2.85. The predicted octanol–water partition coefficient (Wildman–Crippen LogP) is 0.723. The highest BCUT2D eigenvalue weighted by atomic mass is 16.5. The van der Waals surface area contributed by atoms with E-state index in [1.54, 1.807) is 0 Å². The lowest BCUT2D eigenvalue weighted by atomic mass is 10.1. The first kappa shape index (κ1) is 10.9. The van der Waals surface area contributed by atoms with Crippen molar-refractivity contribution in [3.63, 3.8) is 0 Å². The molecule has 2 heterocycles. The van der Waals surface area contributed by atoms with Gasteiger partial charge in [0.1, 0.15) is 0 Å². The Hall–Kier alpha value is -0.610. The summed E-state index contributed by atoms with van der Waals surface area (Å²) >= 11 is 0. The van der Waals surface area contributed by atoms with Crippen LogP contribution in [0.25, 0.3) is 0 Å². The monoisotopic (exact) mass is 212 g/mol. The lowest BCUT2D eigenvalue weighted by Crippen LogP contribution is -2.32. The fraction of sp³-hybridized carbons (Fsp3) is 0.909. The molecule has 2 rings (SSSR count). The molecule has 2 unspecified atom stereocenters. The largest absolute Gasteiger partial charge is 0.378 e. The van der Waals surface area contributed by atoms with Crippen LogP contribution in [0.15, 0.2) is 0 Å². The van der Waals surface area contributed by atoms with Gasteiger partial charge < -0.3 is 9.64 Å². The molecule has 4 heteroatoms. The fourth-order valence-corrected chi connectivity index (χ4v) is 2.29. The van der Waals surface area contributed by atoms with Crippen LogP contribution in [-0.4, -0.2) is 42.8 Å². The first-order valence-corrected chi connectivity index (χ1v) is 5.95. The van der Waals surface area contributed by atoms with Gasteiger partial charge in [-0.1, -0.05) is 6.92 Å². The Kier molecular flexibility index (Phi) is 3.59. The Balaban J connectivity index is 1.73. The lowest BCUT2D eigenvalue weighted by Gasteiger charge is -2.17. The maximum atomic E-state index is 11.8. The van der Waals surface area contributed by atoms with Gasteiger partial charge in [-0.25, -0.2) is 0 Å². The highest BCUT2D eigenvalue weighted by Gasteiger charge is 2.29. The molecule has 2 fully saturated rings. The van der Waals surface area contributed by atoms with Crippen molar-refractivity contribution in [1.29, 1.82) is 0 Å². The summed E-state index contributed by atoms with van der Waals surface area (Å²) < 4.78 is 5.54. The second-order valence-electron chi connectivity index (χ2n) is 4.35. The van der Waals surface area contributed by atoms with Gasteiger partial charge >= 0.3 is 0 Å². The molecule has 0 aromatic carbocycles. The summed E-state index contributed by atoms with van der Waals surface area (Å²) in [5.41, 5.74) is 0. The van der Waals surface area contributed by atoms with Crippen LogP contribution in [0.4, 0.5) is 0 Å². The molecule has 4 nitrogen and oxygen atoms in total. The molecule has 2 saturated heterocycles. The second-order valence-corrected chi connectivity index (χ2v) is 4.35. The van der Waals surface area contributed by atoms with Crippen molar-refractivity contribution in [3.8, 4) is 0 Å². The number of rotatable bonds is 4. The molecule has 15 heavy (non-hydrogen) atoms. The van der Waals surface area contributed by atoms with Gasteiger partial charge in [0.25, 0.3) is 0 Å². The highest BCUT2D eigenvalue weighted by molar-refractivity contribution is 5.83. The number of hydrogen-bond acceptors (Lipinski definition) is 3. The van der Waals surface area contributed by atoms with Gasteiger partial charge in [0.05, 0.1) is 18.8 Å². The van der Waals surface area contributed by atoms with E-state index in [-0.39, 0.29) is 11.9 Å². The number of carbonyl (C=O) groups excluding carboxylic acids is 1. The molecular weight excluding hydrogens is 192 g/mol. The normalized spacial score (nSPS) is 31.5. The quantitative estimate of drug-likeness (QED) is 0.746. The molecule has 1 N–H and O–H groups in total. The minimum atomic E-state index is 0.0505. The molecule has 0 aromatic heterocycles. The van der Waals surface area contributed by atoms with Crippen LogP contribution in [0.2, 0.25) is 0 Å². The summed E-state index contributed by atoms with van der Waals surface area (Å²) in [6.07, 6.45) is 4.60. The lowest BCUT2D eigenvalue weighted by molar-refractivity contribution is -0.129. The second kappa shape index (κ2) is 4.94. The zero-order chi connectivity index (χ0) is 10.7. The number of amides is 1. The Morgan fingerprint density at radius 2 is 2.47 bits per heavy atom. The maximum absolute atomic E-state index is 11.8. The smallest absolute Gasteiger partial charge is 0.240 e. The SMILES string of the molecule is CCC1NCN(CCC2CCCO2)C1=O. The Labute approximate surface area is 91.0 Å². The van der Waals surface area contributed by atoms with E-state index in [1.807, 2.05) is 11.8 Å². The minimum Gasteiger partial charge on any atom is -0.378 e. The molecule has 0 bridgehead atoms. The average molecular weight is 212 g/mol. The van der Waals surface area contributed by atoms with Gasteiger partial charge in [0.15, 0.2) is 0 Å². The molecule has 1 amide bonds. The van der Waals surface area contributed by atoms with Crippen LogP contribution in [-0.2, 0) is 9.53 Å². The molecule has 2 atom stereocenters. The summed E-state index contributed by atoms with van der Waals surface area (Å²) in [7, 11) is 0. The van der Waals surface area contributed by atoms with E-state index in [1.165, 1.54) is 6.42 Å². The van der Waals surface area contributed by atoms with Crippen molar-refractivity contribution in [1.82, 2.24) is 10.2 Å². The first-order chi connectivity index (χ1) is 7.31. The van der Waals surface area contributed by atoms with Gasteiger partial charge in [-0.05, 0) is 25.7 Å². The van der Waals surface area contributed by atoms with E-state index in [9.17, 15) is 4.79 Å². The number of hydrogen-bond donors (Lipinski definition) is 1. The van der Waals surface area contributed by atoms with Crippen molar-refractivity contribution >= 4 is 5.91 Å². The van der Waals surface area contributed by atoms with Gasteiger partial charge in [0, 0.05) is 13.2 Å². The molecule has 0 spiro atoms. The van der Waals surface area contributed by atoms with Crippen LogP contribution in [0.3, 0.4) is 0 Å². The number of nitrogens with one attached hydrogen (secondary N) is 1. The summed E-state index contributed by atoms with van der Waals surface area (Å²) in [5.74, 6) is 0.260. The Morgan fingerprint density at radius 1 is 1.60 bits per heavy atom. The van der Waals surface area contributed by atoms with Crippen molar-refractivity contribution in [3.05, 3.63) is 0 Å². The summed E-state index contributed by atoms with van der Waals surface area (Å²) in [4.78, 5) is 13.7. The zero-order valence-electron chi connectivity index (χ0n) is 9.37. The van der Waals surface area contributed by atoms with E-state index in [2.05, 4.69) is 5.32 Å². The molecule has 0 saturated carbocycles. The zero-order valence-corrected chi connectivity index (χ0v) is 9.37. The Morgan fingerprint density at radius 3 is 3.07 bits per heavy atom. The summed E-state index contributed by atoms with van der Waals surface area (Å²) in [5, 5.41) is 3.22. The van der Waals surface area contributed by atoms with E-state index >= 15 is 0 Å². The molecule has 2 aliphatic rings. The standard InChI is InChI=1S/C11H20N2O2/c1-2-10-11(14)13(8-12-10)6-5-9-4-3-7-15-9/h9-10,12H,2-8H2,1H3. The Bertz CT molecular complexity index is 227. The van der Waals surface area contributed by atoms with Crippen molar-refractivity contribution < 1.29 is 9.53 Å². The van der Waals surface area contributed by atoms with Crippen LogP contribution in [0, 0.1) is 0 Å². The van der Waals surface area contributed by atoms with Crippen LogP contribution in [0.5, 0.6) is 0 Å². The molecule has 0 aliphatic carbocycles. The van der Waals surface area contributed by atoms with Crippen LogP contribution in [0.1, 0.15) is 32.6 Å². The molecule has 0 radical (unpaired) electrons. The highest BCUT2D eigenvalue weighted by Crippen LogP contribution is 2.16. The van der Waals surface area contributed by atoms with E-state index in [4.69, 9.17) is 4.74 Å². The topological polar surface area (TPSA) is 41.6 Å². The molecule has 0 aromatic rings. The predicted molar refractivity (Wildman–Crippen MR) is 57.4 cm³/mol. The number of nitrogens with zero attached hydrogens (tertiary/aromatic N) is 1. The first-order valence-electron chi connectivity index (χ1n) is 5.95. The van der Waals surface area contributed by atoms with E-state index in [0.29, 0.717) is 12.8 Å². The third-order valence-corrected chi connectivity index (χ3v) is 3.29. The maximum Gasteiger partial charge on any atom is 0.240 e. The fourth-order valence-electron chi connectivity index (χ4n) is 2.29. The van der Waals surface area contributed by atoms with Crippen molar-refractivity contribution in [2.75, 3.05) is 19.8 Å². The number of ether oxygens (including phenoxy) is 1. The minimum absolute atomic E-state index is 0.0505.